The molecule has 0 aliphatic heterocycles. The highest BCUT2D eigenvalue weighted by Gasteiger charge is 2.28. The summed E-state index contributed by atoms with van der Waals surface area (Å²) in [7, 11) is 0. The number of hydrogen-bond acceptors (Lipinski definition) is 3. The van der Waals surface area contributed by atoms with Crippen LogP contribution in [0.2, 0.25) is 5.02 Å². The third kappa shape index (κ3) is 7.69. The van der Waals surface area contributed by atoms with Gasteiger partial charge in [-0.3, -0.25) is 9.59 Å². The van der Waals surface area contributed by atoms with Gasteiger partial charge >= 0.3 is 0 Å². The minimum Gasteiger partial charge on any atom is -0.352 e. The van der Waals surface area contributed by atoms with Gasteiger partial charge in [-0.05, 0) is 43.9 Å². The van der Waals surface area contributed by atoms with E-state index in [-0.39, 0.29) is 17.9 Å². The van der Waals surface area contributed by atoms with Crippen molar-refractivity contribution in [2.75, 3.05) is 12.3 Å². The highest BCUT2D eigenvalue weighted by Crippen LogP contribution is 2.21. The van der Waals surface area contributed by atoms with Gasteiger partial charge < -0.3 is 10.2 Å². The van der Waals surface area contributed by atoms with Gasteiger partial charge in [-0.25, -0.2) is 0 Å². The number of carbonyl (C=O) groups excluding carboxylic acids is 2. The number of benzene rings is 2. The molecule has 0 aliphatic carbocycles. The van der Waals surface area contributed by atoms with Crippen LogP contribution in [0.3, 0.4) is 0 Å². The van der Waals surface area contributed by atoms with Crippen molar-refractivity contribution in [2.45, 2.75) is 51.4 Å². The van der Waals surface area contributed by atoms with Crippen molar-refractivity contribution in [2.24, 2.45) is 0 Å². The first-order chi connectivity index (χ1) is 14.4. The van der Waals surface area contributed by atoms with Gasteiger partial charge in [0.1, 0.15) is 6.04 Å². The fourth-order valence-corrected chi connectivity index (χ4v) is 4.42. The second-order valence-corrected chi connectivity index (χ2v) is 8.89. The summed E-state index contributed by atoms with van der Waals surface area (Å²) in [6.07, 6.45) is 1.29. The first kappa shape index (κ1) is 24.3. The molecule has 2 rings (SSSR count). The van der Waals surface area contributed by atoms with Gasteiger partial charge in [0.05, 0.1) is 5.75 Å². The molecule has 1 unspecified atom stereocenters. The van der Waals surface area contributed by atoms with Gasteiger partial charge in [0.25, 0.3) is 0 Å². The zero-order valence-electron chi connectivity index (χ0n) is 17.9. The van der Waals surface area contributed by atoms with E-state index in [4.69, 9.17) is 11.6 Å². The summed E-state index contributed by atoms with van der Waals surface area (Å²) in [5, 5.41) is 3.67. The number of rotatable bonds is 11. The summed E-state index contributed by atoms with van der Waals surface area (Å²) in [5.41, 5.74) is 2.16. The van der Waals surface area contributed by atoms with Crippen molar-refractivity contribution in [1.29, 1.82) is 0 Å². The molecule has 0 aromatic heterocycles. The van der Waals surface area contributed by atoms with E-state index >= 15 is 0 Å². The molecule has 0 radical (unpaired) electrons. The van der Waals surface area contributed by atoms with Crippen LogP contribution in [0, 0.1) is 0 Å². The molecule has 6 heteroatoms. The average Bonchev–Trinajstić information content (AvgIpc) is 2.72. The molecule has 0 aliphatic rings. The van der Waals surface area contributed by atoms with E-state index < -0.39 is 6.04 Å². The predicted octanol–water partition coefficient (Wildman–Crippen LogP) is 4.95. The molecule has 4 nitrogen and oxygen atoms in total. The quantitative estimate of drug-likeness (QED) is 0.531. The minimum absolute atomic E-state index is 0.0197. The number of hydrogen-bond donors (Lipinski definition) is 1. The highest BCUT2D eigenvalue weighted by molar-refractivity contribution is 7.99. The van der Waals surface area contributed by atoms with Crippen molar-refractivity contribution in [3.05, 3.63) is 70.7 Å². The maximum Gasteiger partial charge on any atom is 0.242 e. The Labute approximate surface area is 189 Å². The molecule has 1 N–H and O–H groups in total. The number of halogens is 1. The molecule has 0 bridgehead atoms. The Hall–Kier alpha value is -1.98. The monoisotopic (exact) mass is 446 g/mol. The molecule has 30 heavy (non-hydrogen) atoms. The topological polar surface area (TPSA) is 49.4 Å². The number of thioether (sulfide) groups is 1. The van der Waals surface area contributed by atoms with Crippen molar-refractivity contribution < 1.29 is 9.59 Å². The van der Waals surface area contributed by atoms with Crippen LogP contribution in [0.5, 0.6) is 0 Å². The summed E-state index contributed by atoms with van der Waals surface area (Å²) in [5.74, 6) is 0.858. The first-order valence-corrected chi connectivity index (χ1v) is 11.9. The van der Waals surface area contributed by atoms with E-state index in [9.17, 15) is 9.59 Å². The van der Waals surface area contributed by atoms with Gasteiger partial charge in [-0.1, -0.05) is 67.1 Å². The van der Waals surface area contributed by atoms with Gasteiger partial charge in [0.2, 0.25) is 11.8 Å². The van der Waals surface area contributed by atoms with Gasteiger partial charge in [0, 0.05) is 23.4 Å². The molecule has 0 spiro atoms. The van der Waals surface area contributed by atoms with Crippen LogP contribution in [0.4, 0.5) is 0 Å². The standard InChI is InChI=1S/C24H31ClN2O2S/c1-4-22(24(29)26-18(2)3)27(15-14-19-10-6-5-7-11-19)23(28)17-30-16-20-12-8-9-13-21(20)25/h5-13,18,22H,4,14-17H2,1-3H3,(H,26,29). The Bertz CT molecular complexity index is 814. The van der Waals surface area contributed by atoms with E-state index in [0.29, 0.717) is 35.9 Å². The van der Waals surface area contributed by atoms with Gasteiger partial charge in [-0.2, -0.15) is 0 Å². The van der Waals surface area contributed by atoms with Crippen molar-refractivity contribution in [3.8, 4) is 0 Å². The van der Waals surface area contributed by atoms with Gasteiger partial charge in [0.15, 0.2) is 0 Å². The lowest BCUT2D eigenvalue weighted by Crippen LogP contribution is -2.51. The predicted molar refractivity (Wildman–Crippen MR) is 127 cm³/mol. The van der Waals surface area contributed by atoms with Crippen LogP contribution in [0.1, 0.15) is 38.3 Å². The van der Waals surface area contributed by atoms with Crippen molar-refractivity contribution >= 4 is 35.2 Å². The molecule has 0 saturated carbocycles. The second-order valence-electron chi connectivity index (χ2n) is 7.49. The lowest BCUT2D eigenvalue weighted by molar-refractivity contribution is -0.139. The Morgan fingerprint density at radius 2 is 1.73 bits per heavy atom. The fourth-order valence-electron chi connectivity index (χ4n) is 3.22. The summed E-state index contributed by atoms with van der Waals surface area (Å²) in [6.45, 7) is 6.32. The zero-order valence-corrected chi connectivity index (χ0v) is 19.5. The Kier molecular flexibility index (Phi) is 10.2. The third-order valence-corrected chi connectivity index (χ3v) is 6.08. The Morgan fingerprint density at radius 3 is 2.37 bits per heavy atom. The third-order valence-electron chi connectivity index (χ3n) is 4.74. The number of nitrogens with zero attached hydrogens (tertiary/aromatic N) is 1. The normalized spacial score (nSPS) is 11.9. The van der Waals surface area contributed by atoms with Crippen molar-refractivity contribution in [3.63, 3.8) is 0 Å². The molecule has 162 valence electrons. The molecule has 1 atom stereocenters. The zero-order chi connectivity index (χ0) is 21.9. The fraction of sp³-hybridized carbons (Fsp3) is 0.417. The summed E-state index contributed by atoms with van der Waals surface area (Å²) in [6, 6.07) is 17.3. The van der Waals surface area contributed by atoms with Crippen LogP contribution in [0.15, 0.2) is 54.6 Å². The van der Waals surface area contributed by atoms with E-state index in [2.05, 4.69) is 5.32 Å². The first-order valence-electron chi connectivity index (χ1n) is 10.4. The summed E-state index contributed by atoms with van der Waals surface area (Å²) < 4.78 is 0. The lowest BCUT2D eigenvalue weighted by Gasteiger charge is -2.31. The van der Waals surface area contributed by atoms with Crippen LogP contribution in [0.25, 0.3) is 0 Å². The largest absolute Gasteiger partial charge is 0.352 e. The van der Waals surface area contributed by atoms with Crippen LogP contribution >= 0.6 is 23.4 Å². The molecule has 0 saturated heterocycles. The molecule has 2 aromatic rings. The average molecular weight is 447 g/mol. The van der Waals surface area contributed by atoms with E-state index in [1.807, 2.05) is 75.4 Å². The lowest BCUT2D eigenvalue weighted by atomic mass is 10.1. The smallest absolute Gasteiger partial charge is 0.242 e. The van der Waals surface area contributed by atoms with E-state index in [1.165, 1.54) is 11.8 Å². The molecule has 0 heterocycles. The minimum atomic E-state index is -0.468. The SMILES string of the molecule is CCC(C(=O)NC(C)C)N(CCc1ccccc1)C(=O)CSCc1ccccc1Cl. The Morgan fingerprint density at radius 1 is 1.07 bits per heavy atom. The summed E-state index contributed by atoms with van der Waals surface area (Å²) in [4.78, 5) is 27.6. The number of amides is 2. The van der Waals surface area contributed by atoms with Crippen molar-refractivity contribution in [1.82, 2.24) is 10.2 Å². The van der Waals surface area contributed by atoms with E-state index in [0.717, 1.165) is 11.1 Å². The number of nitrogens with one attached hydrogen (secondary N) is 1. The van der Waals surface area contributed by atoms with Gasteiger partial charge in [-0.15, -0.1) is 11.8 Å². The molecular formula is C24H31ClN2O2S. The molecular weight excluding hydrogens is 416 g/mol. The van der Waals surface area contributed by atoms with Crippen LogP contribution in [-0.2, 0) is 21.8 Å². The molecule has 2 amide bonds. The maximum atomic E-state index is 13.1. The second kappa shape index (κ2) is 12.7. The van der Waals surface area contributed by atoms with Crippen LogP contribution < -0.4 is 5.32 Å². The maximum absolute atomic E-state index is 13.1. The number of carbonyl (C=O) groups is 2. The molecule has 2 aromatic carbocycles. The molecule has 0 fully saturated rings. The van der Waals surface area contributed by atoms with Crippen LogP contribution in [-0.4, -0.2) is 41.1 Å². The van der Waals surface area contributed by atoms with E-state index in [1.54, 1.807) is 4.90 Å². The summed E-state index contributed by atoms with van der Waals surface area (Å²) >= 11 is 7.75. The highest BCUT2D eigenvalue weighted by atomic mass is 35.5. The Balaban J connectivity index is 2.06.